The highest BCUT2D eigenvalue weighted by molar-refractivity contribution is 7.92. The summed E-state index contributed by atoms with van der Waals surface area (Å²) in [5.41, 5.74) is 5.48. The van der Waals surface area contributed by atoms with E-state index in [4.69, 9.17) is 5.73 Å². The third-order valence-corrected chi connectivity index (χ3v) is 4.00. The van der Waals surface area contributed by atoms with Gasteiger partial charge in [-0.25, -0.2) is 22.2 Å². The number of nitrogen functional groups attached to an aromatic ring is 1. The number of anilines is 2. The van der Waals surface area contributed by atoms with Crippen LogP contribution in [0.5, 0.6) is 0 Å². The minimum atomic E-state index is -3.97. The zero-order valence-corrected chi connectivity index (χ0v) is 11.1. The molecule has 0 aliphatic heterocycles. The first-order valence-corrected chi connectivity index (χ1v) is 6.72. The van der Waals surface area contributed by atoms with Crippen LogP contribution >= 0.6 is 0 Å². The molecule has 9 heteroatoms. The number of aryl methyl sites for hydroxylation is 1. The van der Waals surface area contributed by atoms with Crippen LogP contribution in [0.25, 0.3) is 0 Å². The third-order valence-electron chi connectivity index (χ3n) is 2.55. The number of hydrogen-bond acceptors (Lipinski definition) is 5. The van der Waals surface area contributed by atoms with Crippen molar-refractivity contribution in [1.82, 2.24) is 14.8 Å². The van der Waals surface area contributed by atoms with E-state index in [1.54, 1.807) is 0 Å². The van der Waals surface area contributed by atoms with Crippen LogP contribution in [0.15, 0.2) is 23.4 Å². The SMILES string of the molecule is Cc1c(F)cc(N)cc1S(=O)(=O)Nc1ncnn1C. The maximum Gasteiger partial charge on any atom is 0.264 e. The van der Waals surface area contributed by atoms with Crippen molar-refractivity contribution in [3.63, 3.8) is 0 Å². The van der Waals surface area contributed by atoms with Crippen molar-refractivity contribution in [2.75, 3.05) is 10.5 Å². The zero-order chi connectivity index (χ0) is 14.2. The van der Waals surface area contributed by atoms with E-state index in [2.05, 4.69) is 14.8 Å². The second kappa shape index (κ2) is 4.50. The van der Waals surface area contributed by atoms with Gasteiger partial charge in [0.2, 0.25) is 5.95 Å². The lowest BCUT2D eigenvalue weighted by molar-refractivity contribution is 0.590. The van der Waals surface area contributed by atoms with Crippen molar-refractivity contribution < 1.29 is 12.8 Å². The molecule has 0 amide bonds. The largest absolute Gasteiger partial charge is 0.399 e. The van der Waals surface area contributed by atoms with Gasteiger partial charge in [0, 0.05) is 18.3 Å². The first-order chi connectivity index (χ1) is 8.81. The third kappa shape index (κ3) is 2.50. The van der Waals surface area contributed by atoms with Gasteiger partial charge in [-0.3, -0.25) is 0 Å². The molecule has 0 bridgehead atoms. The number of nitrogens with one attached hydrogen (secondary N) is 1. The Morgan fingerprint density at radius 2 is 2.11 bits per heavy atom. The molecule has 1 aromatic heterocycles. The standard InChI is InChI=1S/C10H12FN5O2S/c1-6-8(11)3-7(12)4-9(6)19(17,18)15-10-13-5-14-16(10)2/h3-5H,12H2,1-2H3,(H,13,14,15). The number of nitrogens with zero attached hydrogens (tertiary/aromatic N) is 3. The van der Waals surface area contributed by atoms with E-state index in [9.17, 15) is 12.8 Å². The second-order valence-corrected chi connectivity index (χ2v) is 5.59. The summed E-state index contributed by atoms with van der Waals surface area (Å²) in [6, 6.07) is 2.26. The maximum atomic E-state index is 13.5. The molecule has 19 heavy (non-hydrogen) atoms. The number of hydrogen-bond donors (Lipinski definition) is 2. The fourth-order valence-electron chi connectivity index (χ4n) is 1.52. The van der Waals surface area contributed by atoms with Gasteiger partial charge in [-0.1, -0.05) is 0 Å². The monoisotopic (exact) mass is 285 g/mol. The van der Waals surface area contributed by atoms with Crippen molar-refractivity contribution in [2.45, 2.75) is 11.8 Å². The lowest BCUT2D eigenvalue weighted by Gasteiger charge is -2.10. The smallest absolute Gasteiger partial charge is 0.264 e. The quantitative estimate of drug-likeness (QED) is 0.806. The topological polar surface area (TPSA) is 103 Å². The summed E-state index contributed by atoms with van der Waals surface area (Å²) >= 11 is 0. The first kappa shape index (κ1) is 13.3. The van der Waals surface area contributed by atoms with Crippen molar-refractivity contribution >= 4 is 21.7 Å². The summed E-state index contributed by atoms with van der Waals surface area (Å²) < 4.78 is 41.3. The number of rotatable bonds is 3. The molecule has 1 aromatic carbocycles. The van der Waals surface area contributed by atoms with Crippen molar-refractivity contribution in [1.29, 1.82) is 0 Å². The first-order valence-electron chi connectivity index (χ1n) is 5.23. The fraction of sp³-hybridized carbons (Fsp3) is 0.200. The summed E-state index contributed by atoms with van der Waals surface area (Å²) in [4.78, 5) is 3.51. The summed E-state index contributed by atoms with van der Waals surface area (Å²) in [5, 5.41) is 3.73. The van der Waals surface area contributed by atoms with E-state index in [1.165, 1.54) is 31.0 Å². The molecule has 3 N–H and O–H groups in total. The lowest BCUT2D eigenvalue weighted by Crippen LogP contribution is -2.18. The fourth-order valence-corrected chi connectivity index (χ4v) is 2.84. The predicted molar refractivity (Wildman–Crippen MR) is 67.4 cm³/mol. The van der Waals surface area contributed by atoms with Crippen molar-refractivity contribution in [3.8, 4) is 0 Å². The number of aromatic nitrogens is 3. The second-order valence-electron chi connectivity index (χ2n) is 3.94. The number of benzene rings is 1. The van der Waals surface area contributed by atoms with Crippen LogP contribution in [0.1, 0.15) is 5.56 Å². The minimum Gasteiger partial charge on any atom is -0.399 e. The molecule has 2 aromatic rings. The van der Waals surface area contributed by atoms with Gasteiger partial charge in [-0.05, 0) is 19.1 Å². The Hall–Kier alpha value is -2.16. The number of sulfonamides is 1. The average molecular weight is 285 g/mol. The molecule has 1 heterocycles. The molecule has 102 valence electrons. The highest BCUT2D eigenvalue weighted by Gasteiger charge is 2.21. The maximum absolute atomic E-state index is 13.5. The van der Waals surface area contributed by atoms with Crippen molar-refractivity contribution in [2.24, 2.45) is 7.05 Å². The molecular formula is C10H12FN5O2S. The van der Waals surface area contributed by atoms with E-state index in [0.717, 1.165) is 6.07 Å². The van der Waals surface area contributed by atoms with Gasteiger partial charge in [-0.15, -0.1) is 0 Å². The molecule has 0 radical (unpaired) electrons. The van der Waals surface area contributed by atoms with Crippen LogP contribution in [0.3, 0.4) is 0 Å². The highest BCUT2D eigenvalue weighted by Crippen LogP contribution is 2.23. The highest BCUT2D eigenvalue weighted by atomic mass is 32.2. The summed E-state index contributed by atoms with van der Waals surface area (Å²) in [7, 11) is -2.45. The number of halogens is 1. The van der Waals surface area contributed by atoms with Gasteiger partial charge in [0.25, 0.3) is 10.0 Å². The van der Waals surface area contributed by atoms with Gasteiger partial charge in [0.1, 0.15) is 12.1 Å². The van der Waals surface area contributed by atoms with Crippen LogP contribution in [0.2, 0.25) is 0 Å². The van der Waals surface area contributed by atoms with Gasteiger partial charge >= 0.3 is 0 Å². The van der Waals surface area contributed by atoms with Crippen molar-refractivity contribution in [3.05, 3.63) is 29.8 Å². The molecular weight excluding hydrogens is 273 g/mol. The van der Waals surface area contributed by atoms with Crippen LogP contribution in [0.4, 0.5) is 16.0 Å². The zero-order valence-electron chi connectivity index (χ0n) is 10.3. The van der Waals surface area contributed by atoms with Gasteiger partial charge < -0.3 is 5.73 Å². The molecule has 0 unspecified atom stereocenters. The van der Waals surface area contributed by atoms with Gasteiger partial charge in [0.05, 0.1) is 4.90 Å². The van der Waals surface area contributed by atoms with E-state index in [-0.39, 0.29) is 22.1 Å². The molecule has 0 spiro atoms. The Morgan fingerprint density at radius 3 is 2.68 bits per heavy atom. The average Bonchev–Trinajstić information content (AvgIpc) is 2.69. The summed E-state index contributed by atoms with van der Waals surface area (Å²) in [5.74, 6) is -0.652. The molecule has 0 aliphatic rings. The van der Waals surface area contributed by atoms with E-state index in [1.807, 2.05) is 0 Å². The Labute approximate surface area is 109 Å². The molecule has 0 atom stereocenters. The van der Waals surface area contributed by atoms with Crippen LogP contribution in [-0.4, -0.2) is 23.2 Å². The minimum absolute atomic E-state index is 0.0103. The molecule has 0 saturated carbocycles. The lowest BCUT2D eigenvalue weighted by atomic mass is 10.2. The van der Waals surface area contributed by atoms with E-state index >= 15 is 0 Å². The van der Waals surface area contributed by atoms with E-state index < -0.39 is 15.8 Å². The molecule has 0 fully saturated rings. The van der Waals surface area contributed by atoms with Crippen LogP contribution in [-0.2, 0) is 17.1 Å². The Balaban J connectivity index is 2.49. The van der Waals surface area contributed by atoms with Crippen LogP contribution < -0.4 is 10.5 Å². The Morgan fingerprint density at radius 1 is 1.42 bits per heavy atom. The summed E-state index contributed by atoms with van der Waals surface area (Å²) in [6.07, 6.45) is 1.20. The molecule has 2 rings (SSSR count). The normalized spacial score (nSPS) is 11.5. The van der Waals surface area contributed by atoms with E-state index in [0.29, 0.717) is 0 Å². The Bertz CT molecular complexity index is 726. The van der Waals surface area contributed by atoms with Gasteiger partial charge in [-0.2, -0.15) is 10.1 Å². The number of nitrogens with two attached hydrogens (primary N) is 1. The Kier molecular flexibility index (Phi) is 3.14. The van der Waals surface area contributed by atoms with Gasteiger partial charge in [0.15, 0.2) is 0 Å². The summed E-state index contributed by atoms with van der Waals surface area (Å²) in [6.45, 7) is 1.36. The molecule has 0 aliphatic carbocycles. The van der Waals surface area contributed by atoms with Crippen LogP contribution in [0, 0.1) is 12.7 Å². The molecule has 7 nitrogen and oxygen atoms in total. The molecule has 0 saturated heterocycles. The predicted octanol–water partition coefficient (Wildman–Crippen LogP) is 0.646.